The first-order valence-electron chi connectivity index (χ1n) is 43.2. The molecule has 1 radical (unpaired) electrons. The van der Waals surface area contributed by atoms with E-state index in [2.05, 4.69) is 329 Å². The summed E-state index contributed by atoms with van der Waals surface area (Å²) < 4.78 is 48.7. The van der Waals surface area contributed by atoms with Crippen molar-refractivity contribution < 1.29 is 37.9 Å². The van der Waals surface area contributed by atoms with Crippen LogP contribution in [0, 0.1) is 0 Å². The molecule has 20 rings (SSSR count). The van der Waals surface area contributed by atoms with Gasteiger partial charge < -0.3 is 67.3 Å². The molecule has 14 aromatic carbocycles. The second-order valence-electron chi connectivity index (χ2n) is 36.6. The summed E-state index contributed by atoms with van der Waals surface area (Å²) in [6.45, 7) is 28.8. The van der Waals surface area contributed by atoms with Gasteiger partial charge in [0.2, 0.25) is 0 Å². The van der Waals surface area contributed by atoms with Gasteiger partial charge in [-0.05, 0) is 322 Å². The van der Waals surface area contributed by atoms with E-state index in [-0.39, 0.29) is 21.7 Å². The van der Waals surface area contributed by atoms with Crippen LogP contribution in [-0.2, 0) is 32.5 Å². The molecule has 6 heterocycles. The van der Waals surface area contributed by atoms with Gasteiger partial charge in [0.25, 0.3) is 0 Å². The van der Waals surface area contributed by atoms with Crippen LogP contribution in [0.1, 0.15) is 150 Å². The zero-order valence-corrected chi connectivity index (χ0v) is 78.8. The Morgan fingerprint density at radius 1 is 0.227 bits per heavy atom. The Hall–Kier alpha value is -13.0. The number of nitrogens with zero attached hydrogens (tertiary/aromatic N) is 7. The number of para-hydroxylation sites is 1. The molecule has 0 amide bonds. The minimum absolute atomic E-state index is 0.311. The number of rotatable bonds is 20. The second kappa shape index (κ2) is 32.4. The number of hydrogen-bond acceptors (Lipinski definition) is 16. The van der Waals surface area contributed by atoms with Crippen LogP contribution in [0.2, 0.25) is 0 Å². The Morgan fingerprint density at radius 2 is 0.359 bits per heavy atom. The van der Waals surface area contributed by atoms with Crippen molar-refractivity contribution in [2.24, 2.45) is 4.30 Å². The molecule has 15 nitrogen and oxygen atoms in total. The molecular weight excluding hydrogens is 1670 g/mol. The predicted octanol–water partition coefficient (Wildman–Crippen LogP) is 29.0. The fourth-order valence-corrected chi connectivity index (χ4v) is 21.0. The molecule has 0 spiro atoms. The van der Waals surface area contributed by atoms with E-state index in [0.29, 0.717) is 0 Å². The number of anilines is 18. The van der Waals surface area contributed by atoms with Crippen LogP contribution in [-0.4, -0.2) is 64.5 Å². The van der Waals surface area contributed by atoms with E-state index in [4.69, 9.17) is 37.9 Å². The van der Waals surface area contributed by atoms with Gasteiger partial charge in [0, 0.05) is 105 Å². The quantitative estimate of drug-likeness (QED) is 0.0578. The molecule has 0 saturated carbocycles. The van der Waals surface area contributed by atoms with Gasteiger partial charge >= 0.3 is 24.8 Å². The minimum atomic E-state index is -0.440. The normalized spacial score (nSPS) is 15.0. The predicted molar refractivity (Wildman–Crippen MR) is 531 cm³/mol. The molecule has 645 valence electrons. The molecule has 0 N–H and O–H groups in total. The van der Waals surface area contributed by atoms with Crippen molar-refractivity contribution in [1.29, 1.82) is 0 Å². The third-order valence-corrected chi connectivity index (χ3v) is 28.0. The van der Waals surface area contributed by atoms with Gasteiger partial charge in [-0.3, -0.25) is 0 Å². The van der Waals surface area contributed by atoms with Crippen molar-refractivity contribution in [3.63, 3.8) is 0 Å². The molecule has 128 heavy (non-hydrogen) atoms. The van der Waals surface area contributed by atoms with Gasteiger partial charge in [-0.2, -0.15) is 0 Å². The van der Waals surface area contributed by atoms with Crippen molar-refractivity contribution in [2.45, 2.75) is 116 Å². The first-order chi connectivity index (χ1) is 61.4. The van der Waals surface area contributed by atoms with Crippen molar-refractivity contribution in [2.75, 3.05) is 86.3 Å². The third kappa shape index (κ3) is 13.7. The third-order valence-electron chi connectivity index (χ3n) is 27.6. The Bertz CT molecular complexity index is 6090. The van der Waals surface area contributed by atoms with Crippen LogP contribution < -0.4 is 67.3 Å². The van der Waals surface area contributed by atoms with E-state index in [1.807, 2.05) is 97.1 Å². The fraction of sp³-hybridized carbons (Fsp3) is 0.236. The van der Waals surface area contributed by atoms with Crippen LogP contribution in [0.4, 0.5) is 102 Å². The first-order valence-corrected chi connectivity index (χ1v) is 44.4. The number of thiol groups is 1. The SMILES string of the molecule is COc1ccc(N(c2ccc(OC)cc2)c2cc3c4c(c2)C(C)(C)c2cc(N(c5ccc(OC)cc5)c5ccc(OC)cc5)cc5c2N4c2c(cc(Br)cc2C5(C)C)C3(C)C)cc1.COc1ccc(N(c2ccc(OC)cc2)c2cc3c4c(c2)C(C)(C)c2cc(N(c5ccc(OC)cc5)c5ccc(OC)cc5)cc5c2N4c2c(cccc2C5(C)C)C3(C)C)cc1.[B]=NS. The molecule has 6 aliphatic heterocycles. The number of benzene rings is 14. The van der Waals surface area contributed by atoms with Crippen LogP contribution >= 0.6 is 28.7 Å². The van der Waals surface area contributed by atoms with Crippen molar-refractivity contribution in [3.05, 3.63) is 344 Å². The van der Waals surface area contributed by atoms with Crippen LogP contribution in [0.5, 0.6) is 46.0 Å². The summed E-state index contributed by atoms with van der Waals surface area (Å²) in [5, 5.41) is 0. The molecular formula is C110H106BBrN7O8S. The zero-order chi connectivity index (χ0) is 90.2. The molecule has 0 atom stereocenters. The van der Waals surface area contributed by atoms with E-state index >= 15 is 0 Å². The van der Waals surface area contributed by atoms with E-state index in [1.54, 1.807) is 56.9 Å². The summed E-state index contributed by atoms with van der Waals surface area (Å²) in [5.41, 5.74) is 33.6. The molecule has 0 unspecified atom stereocenters. The number of ether oxygens (including phenoxy) is 8. The fourth-order valence-electron chi connectivity index (χ4n) is 20.5. The molecule has 0 aliphatic carbocycles. The zero-order valence-electron chi connectivity index (χ0n) is 76.3. The van der Waals surface area contributed by atoms with E-state index in [0.717, 1.165) is 119 Å². The summed E-state index contributed by atoms with van der Waals surface area (Å²) in [6, 6.07) is 97.9. The molecule has 0 bridgehead atoms. The van der Waals surface area contributed by atoms with Gasteiger partial charge in [0.05, 0.1) is 91.0 Å². The van der Waals surface area contributed by atoms with Crippen molar-refractivity contribution in [1.82, 2.24) is 0 Å². The molecule has 0 aromatic heterocycles. The van der Waals surface area contributed by atoms with E-state index < -0.39 is 10.8 Å². The summed E-state index contributed by atoms with van der Waals surface area (Å²) in [4.78, 5) is 14.7. The van der Waals surface area contributed by atoms with E-state index in [9.17, 15) is 0 Å². The van der Waals surface area contributed by atoms with Gasteiger partial charge in [-0.25, -0.2) is 0 Å². The second-order valence-corrected chi connectivity index (χ2v) is 37.7. The van der Waals surface area contributed by atoms with Crippen molar-refractivity contribution >= 4 is 139 Å². The Kier molecular flexibility index (Phi) is 21.7. The molecule has 0 fully saturated rings. The summed E-state index contributed by atoms with van der Waals surface area (Å²) >= 11 is 7.21. The maximum atomic E-state index is 5.63. The van der Waals surface area contributed by atoms with Crippen LogP contribution in [0.25, 0.3) is 0 Å². The monoisotopic (exact) mass is 1770 g/mol. The summed E-state index contributed by atoms with van der Waals surface area (Å²) in [7, 11) is 18.0. The first kappa shape index (κ1) is 85.8. The topological polar surface area (TPSA) is 106 Å². The Labute approximate surface area is 767 Å². The molecule has 0 saturated heterocycles. The Balaban J connectivity index is 0.000000168. The maximum absolute atomic E-state index is 5.63. The number of methoxy groups -OCH3 is 8. The number of halogens is 1. The number of hydrogen-bond donors (Lipinski definition) is 1. The summed E-state index contributed by atoms with van der Waals surface area (Å²) in [6.07, 6.45) is 0. The van der Waals surface area contributed by atoms with Crippen molar-refractivity contribution in [3.8, 4) is 46.0 Å². The average Bonchev–Trinajstić information content (AvgIpc) is 0.666. The van der Waals surface area contributed by atoms with Crippen LogP contribution in [0.3, 0.4) is 0 Å². The van der Waals surface area contributed by atoms with Crippen LogP contribution in [0.15, 0.2) is 282 Å². The molecule has 18 heteroatoms. The Morgan fingerprint density at radius 3 is 0.508 bits per heavy atom. The van der Waals surface area contributed by atoms with Gasteiger partial charge in [0.15, 0.2) is 0 Å². The van der Waals surface area contributed by atoms with Gasteiger partial charge in [-0.1, -0.05) is 117 Å². The summed E-state index contributed by atoms with van der Waals surface area (Å²) in [5.74, 6) is 6.49. The molecule has 6 aliphatic rings. The van der Waals surface area contributed by atoms with Gasteiger partial charge in [0.1, 0.15) is 46.0 Å². The van der Waals surface area contributed by atoms with E-state index in [1.165, 1.54) is 101 Å². The van der Waals surface area contributed by atoms with Gasteiger partial charge in [-0.15, -0.1) is 0 Å². The molecule has 14 aromatic rings. The average molecular weight is 1780 g/mol. The standard InChI is InChI=1S/C55H52BrN3O4.C55H53N3O4.BHNS/c1-53(2)44-27-33(56)28-45-50(44)59-51-46(53)29-38(57(34-11-19-40(60-7)20-12-34)35-13-21-41(61-8)22-14-35)31-48(51)55(5,6)49-32-39(30-47(52(49)59)54(45,3)4)58(36-15-23-42(62-9)24-16-36)37-17-25-43(63-10)26-18-37;1-53(2)44-12-11-13-45-50(44)58-51-46(53)30-38(56(34-14-22-40(59-7)23-15-34)35-16-24-41(60-8)25-17-35)32-48(51)55(5,6)49-33-39(31-47(52(49)58)54(45,3)4)57(36-18-26-42(61-9)27-19-36)37-20-28-43(62-10)29-21-37;1-2-3/h11-32H,1-10H3;11-33H,1-10H3;3H.